The first-order valence-electron chi connectivity index (χ1n) is 9.78. The monoisotopic (exact) mass is 344 g/mol. The second kappa shape index (κ2) is 5.43. The topological polar surface area (TPSA) is 90.3 Å². The van der Waals surface area contributed by atoms with Gasteiger partial charge in [0.2, 0.25) is 0 Å². The molecule has 3 unspecified atom stereocenters. The molecule has 3 saturated carbocycles. The lowest BCUT2D eigenvalue weighted by atomic mass is 9.46. The molecule has 4 nitrogen and oxygen atoms in total. The molecule has 0 aromatic rings. The van der Waals surface area contributed by atoms with Crippen molar-refractivity contribution in [1.29, 1.82) is 5.41 Å². The summed E-state index contributed by atoms with van der Waals surface area (Å²) >= 11 is 0. The number of aliphatic hydroxyl groups excluding tert-OH is 2. The molecule has 4 aliphatic carbocycles. The summed E-state index contributed by atoms with van der Waals surface area (Å²) in [5.41, 5.74) is 8.85. The van der Waals surface area contributed by atoms with Gasteiger partial charge in [0.25, 0.3) is 0 Å². The first-order valence-corrected chi connectivity index (χ1v) is 9.78. The maximum Gasteiger partial charge on any atom is 0.0623 e. The van der Waals surface area contributed by atoms with Gasteiger partial charge in [0, 0.05) is 11.9 Å². The van der Waals surface area contributed by atoms with Crippen LogP contribution in [0, 0.1) is 39.9 Å². The van der Waals surface area contributed by atoms with E-state index < -0.39 is 6.10 Å². The molecule has 25 heavy (non-hydrogen) atoms. The van der Waals surface area contributed by atoms with Crippen molar-refractivity contribution in [2.75, 3.05) is 0 Å². The second-order valence-electron chi connectivity index (χ2n) is 9.66. The van der Waals surface area contributed by atoms with Crippen LogP contribution in [0.1, 0.15) is 52.9 Å². The van der Waals surface area contributed by atoms with Crippen molar-refractivity contribution >= 4 is 6.21 Å². The van der Waals surface area contributed by atoms with Crippen LogP contribution >= 0.6 is 0 Å². The Kier molecular flexibility index (Phi) is 3.76. The molecule has 0 aromatic carbocycles. The van der Waals surface area contributed by atoms with Gasteiger partial charge in [0.05, 0.1) is 12.2 Å². The van der Waals surface area contributed by atoms with Crippen LogP contribution in [0.25, 0.3) is 0 Å². The normalized spacial score (nSPS) is 52.1. The molecule has 8 atom stereocenters. The number of nitrogens with two attached hydrogens (primary N) is 1. The zero-order valence-corrected chi connectivity index (χ0v) is 15.6. The number of fused-ring (bicyclic) bond motifs is 5. The van der Waals surface area contributed by atoms with Gasteiger partial charge in [-0.1, -0.05) is 26.3 Å². The predicted octanol–water partition coefficient (Wildman–Crippen LogP) is 3.00. The van der Waals surface area contributed by atoms with Gasteiger partial charge in [-0.25, -0.2) is 0 Å². The van der Waals surface area contributed by atoms with Crippen LogP contribution in [-0.2, 0) is 0 Å². The number of hydrogen-bond acceptors (Lipinski definition) is 4. The molecule has 4 rings (SSSR count). The molecule has 0 aliphatic heterocycles. The minimum atomic E-state index is -0.397. The van der Waals surface area contributed by atoms with Crippen LogP contribution in [0.3, 0.4) is 0 Å². The van der Waals surface area contributed by atoms with Gasteiger partial charge >= 0.3 is 0 Å². The highest BCUT2D eigenvalue weighted by Gasteiger charge is 2.63. The number of nitrogens with one attached hydrogen (secondary N) is 1. The third-order valence-corrected chi connectivity index (χ3v) is 8.38. The third kappa shape index (κ3) is 2.16. The van der Waals surface area contributed by atoms with Crippen molar-refractivity contribution in [2.24, 2.45) is 40.2 Å². The Hall–Kier alpha value is -1.13. The van der Waals surface area contributed by atoms with Crippen molar-refractivity contribution in [3.63, 3.8) is 0 Å². The molecule has 3 fully saturated rings. The van der Waals surface area contributed by atoms with E-state index in [-0.39, 0.29) is 22.9 Å². The number of rotatable bonds is 1. The summed E-state index contributed by atoms with van der Waals surface area (Å²) in [4.78, 5) is 0. The predicted molar refractivity (Wildman–Crippen MR) is 99.0 cm³/mol. The molecule has 4 heteroatoms. The maximum absolute atomic E-state index is 11.2. The van der Waals surface area contributed by atoms with Crippen LogP contribution in [0.4, 0.5) is 0 Å². The molecule has 0 saturated heterocycles. The van der Waals surface area contributed by atoms with Crippen LogP contribution < -0.4 is 5.73 Å². The molecular formula is C21H32N2O2. The van der Waals surface area contributed by atoms with Gasteiger partial charge in [-0.3, -0.25) is 0 Å². The Morgan fingerprint density at radius 3 is 2.72 bits per heavy atom. The molecule has 0 spiro atoms. The fourth-order valence-electron chi connectivity index (χ4n) is 7.20. The molecular weight excluding hydrogens is 312 g/mol. The summed E-state index contributed by atoms with van der Waals surface area (Å²) in [6.07, 6.45) is 7.37. The van der Waals surface area contributed by atoms with Crippen molar-refractivity contribution in [2.45, 2.75) is 65.1 Å². The first kappa shape index (κ1) is 17.3. The lowest BCUT2D eigenvalue weighted by Crippen LogP contribution is -2.57. The second-order valence-corrected chi connectivity index (χ2v) is 9.66. The molecule has 0 bridgehead atoms. The Morgan fingerprint density at radius 1 is 1.32 bits per heavy atom. The zero-order chi connectivity index (χ0) is 18.1. The standard InChI is InChI=1S/C21H32N2O2/c1-11-6-15-14-5-4-13-7-16(23)12(10-22)8-20(13,2)18(14)17(24)9-21(15,3)19(11)25/h7,10-11,14-15,17-19,22,24-25H,4-6,8-9,23H2,1-3H3/t11-,14-,15?,17?,18?,19+,20-,21-/m0/s1. The van der Waals surface area contributed by atoms with E-state index in [0.29, 0.717) is 24.2 Å². The first-order chi connectivity index (χ1) is 11.7. The summed E-state index contributed by atoms with van der Waals surface area (Å²) in [6.45, 7) is 6.62. The van der Waals surface area contributed by atoms with E-state index in [2.05, 4.69) is 26.8 Å². The van der Waals surface area contributed by atoms with Gasteiger partial charge in [-0.05, 0) is 78.3 Å². The van der Waals surface area contributed by atoms with Gasteiger partial charge in [0.15, 0.2) is 0 Å². The van der Waals surface area contributed by atoms with Crippen LogP contribution in [0.5, 0.6) is 0 Å². The van der Waals surface area contributed by atoms with E-state index in [9.17, 15) is 10.2 Å². The highest BCUT2D eigenvalue weighted by molar-refractivity contribution is 5.79. The summed E-state index contributed by atoms with van der Waals surface area (Å²) in [6, 6.07) is 0. The highest BCUT2D eigenvalue weighted by Crippen LogP contribution is 2.66. The molecule has 0 radical (unpaired) electrons. The Morgan fingerprint density at radius 2 is 2.04 bits per heavy atom. The van der Waals surface area contributed by atoms with Crippen molar-refractivity contribution in [1.82, 2.24) is 0 Å². The number of aliphatic hydroxyl groups is 2. The van der Waals surface area contributed by atoms with Gasteiger partial charge in [-0.2, -0.15) is 0 Å². The van der Waals surface area contributed by atoms with Crippen LogP contribution in [-0.4, -0.2) is 28.6 Å². The zero-order valence-electron chi connectivity index (χ0n) is 15.6. The number of hydrogen-bond donors (Lipinski definition) is 4. The summed E-state index contributed by atoms with van der Waals surface area (Å²) in [5, 5.41) is 29.7. The molecule has 5 N–H and O–H groups in total. The van der Waals surface area contributed by atoms with Crippen LogP contribution in [0.15, 0.2) is 22.9 Å². The fraction of sp³-hybridized carbons (Fsp3) is 0.762. The number of allylic oxidation sites excluding steroid dienone is 3. The van der Waals surface area contributed by atoms with Gasteiger partial charge < -0.3 is 21.4 Å². The summed E-state index contributed by atoms with van der Waals surface area (Å²) < 4.78 is 0. The third-order valence-electron chi connectivity index (χ3n) is 8.38. The van der Waals surface area contributed by atoms with Crippen LogP contribution in [0.2, 0.25) is 0 Å². The summed E-state index contributed by atoms with van der Waals surface area (Å²) in [5.74, 6) is 1.44. The minimum absolute atomic E-state index is 0.115. The van der Waals surface area contributed by atoms with Crippen molar-refractivity contribution in [3.05, 3.63) is 22.9 Å². The Bertz CT molecular complexity index is 669. The average Bonchev–Trinajstić information content (AvgIpc) is 2.78. The molecule has 0 amide bonds. The van der Waals surface area contributed by atoms with E-state index in [1.54, 1.807) is 0 Å². The van der Waals surface area contributed by atoms with E-state index in [1.807, 2.05) is 0 Å². The highest BCUT2D eigenvalue weighted by atomic mass is 16.3. The van der Waals surface area contributed by atoms with E-state index in [1.165, 1.54) is 11.8 Å². The SMILES string of the molecule is C[C@H]1CC2[C@@H]3CCC4=CC(N)=C(C=N)C[C@]4(C)C3C(O)C[C@]2(C)[C@@H]1O. The minimum Gasteiger partial charge on any atom is -0.398 e. The largest absolute Gasteiger partial charge is 0.398 e. The Balaban J connectivity index is 1.75. The Labute approximate surface area is 150 Å². The van der Waals surface area contributed by atoms with Gasteiger partial charge in [0.1, 0.15) is 0 Å². The van der Waals surface area contributed by atoms with E-state index in [0.717, 1.165) is 37.0 Å². The van der Waals surface area contributed by atoms with Crippen molar-refractivity contribution < 1.29 is 10.2 Å². The lowest BCUT2D eigenvalue weighted by molar-refractivity contribution is -0.138. The maximum atomic E-state index is 11.2. The summed E-state index contributed by atoms with van der Waals surface area (Å²) in [7, 11) is 0. The molecule has 4 aliphatic rings. The average molecular weight is 344 g/mol. The van der Waals surface area contributed by atoms with E-state index in [4.69, 9.17) is 11.1 Å². The van der Waals surface area contributed by atoms with Gasteiger partial charge in [-0.15, -0.1) is 0 Å². The van der Waals surface area contributed by atoms with Crippen molar-refractivity contribution in [3.8, 4) is 0 Å². The quantitative estimate of drug-likeness (QED) is 0.551. The molecule has 0 aromatic heterocycles. The molecule has 0 heterocycles. The lowest BCUT2D eigenvalue weighted by Gasteiger charge is -2.59. The smallest absolute Gasteiger partial charge is 0.0623 e. The molecule has 138 valence electrons. The van der Waals surface area contributed by atoms with E-state index >= 15 is 0 Å². The fourth-order valence-corrected chi connectivity index (χ4v) is 7.20.